The summed E-state index contributed by atoms with van der Waals surface area (Å²) in [5, 5.41) is 19.0. The Balaban J connectivity index is 2.44. The van der Waals surface area contributed by atoms with Gasteiger partial charge in [0, 0.05) is 19.4 Å². The second-order valence-electron chi connectivity index (χ2n) is 4.87. The molecule has 1 aromatic carbocycles. The number of aliphatic hydroxyl groups excluding tert-OH is 1. The van der Waals surface area contributed by atoms with Crippen molar-refractivity contribution in [3.8, 4) is 17.3 Å². The van der Waals surface area contributed by atoms with Gasteiger partial charge in [-0.05, 0) is 37.6 Å². The number of nitrogens with one attached hydrogen (secondary N) is 1. The number of ether oxygens (including phenoxy) is 1. The Kier molecular flexibility index (Phi) is 5.91. The minimum Gasteiger partial charge on any atom is -0.494 e. The van der Waals surface area contributed by atoms with Crippen molar-refractivity contribution < 1.29 is 14.9 Å². The van der Waals surface area contributed by atoms with Gasteiger partial charge in [0.2, 0.25) is 5.88 Å². The number of nitrogens with zero attached hydrogens (tertiary/aromatic N) is 2. The molecule has 0 saturated carbocycles. The van der Waals surface area contributed by atoms with Crippen molar-refractivity contribution in [3.05, 3.63) is 50.7 Å². The van der Waals surface area contributed by atoms with Gasteiger partial charge in [-0.2, -0.15) is 0 Å². The number of hydrogen-bond acceptors (Lipinski definition) is 6. The monoisotopic (exact) mass is 333 g/mol. The molecule has 8 heteroatoms. The van der Waals surface area contributed by atoms with Gasteiger partial charge in [0.15, 0.2) is 0 Å². The van der Waals surface area contributed by atoms with E-state index in [1.54, 1.807) is 24.3 Å². The molecule has 3 N–H and O–H groups in total. The topological polar surface area (TPSA) is 117 Å². The Bertz CT molecular complexity index is 821. The van der Waals surface area contributed by atoms with Crippen LogP contribution in [0.4, 0.5) is 0 Å². The van der Waals surface area contributed by atoms with Gasteiger partial charge < -0.3 is 14.9 Å². The Morgan fingerprint density at radius 3 is 2.62 bits per heavy atom. The first-order chi connectivity index (χ1) is 11.6. The number of H-pyrrole nitrogens is 1. The number of aliphatic hydroxyl groups is 1. The second-order valence-corrected chi connectivity index (χ2v) is 4.87. The first-order valence-electron chi connectivity index (χ1n) is 7.50. The molecule has 0 aliphatic heterocycles. The van der Waals surface area contributed by atoms with Gasteiger partial charge in [0.05, 0.1) is 12.3 Å². The number of hydrogen-bond donors (Lipinski definition) is 3. The van der Waals surface area contributed by atoms with E-state index in [2.05, 4.69) is 9.98 Å². The van der Waals surface area contributed by atoms with Crippen molar-refractivity contribution >= 4 is 6.21 Å². The van der Waals surface area contributed by atoms with E-state index in [0.29, 0.717) is 31.0 Å². The molecule has 0 saturated heterocycles. The predicted octanol–water partition coefficient (Wildman–Crippen LogP) is 0.431. The second kappa shape index (κ2) is 8.11. The molecule has 0 radical (unpaired) electrons. The number of aliphatic imine (C=N–C) groups is 1. The van der Waals surface area contributed by atoms with Gasteiger partial charge in [-0.25, -0.2) is 9.36 Å². The summed E-state index contributed by atoms with van der Waals surface area (Å²) in [7, 11) is 0. The van der Waals surface area contributed by atoms with E-state index in [-0.39, 0.29) is 12.2 Å². The summed E-state index contributed by atoms with van der Waals surface area (Å²) in [4.78, 5) is 30.0. The molecule has 128 valence electrons. The third-order valence-electron chi connectivity index (χ3n) is 3.19. The average molecular weight is 333 g/mol. The van der Waals surface area contributed by atoms with Gasteiger partial charge in [-0.1, -0.05) is 0 Å². The zero-order valence-electron chi connectivity index (χ0n) is 13.2. The Morgan fingerprint density at radius 1 is 1.29 bits per heavy atom. The SMILES string of the molecule is CCOc1ccc(-n2c(O)c(C=NCCCO)c(=O)[nH]c2=O)cc1. The van der Waals surface area contributed by atoms with Crippen LogP contribution in [0.25, 0.3) is 5.69 Å². The normalized spacial score (nSPS) is 11.1. The van der Waals surface area contributed by atoms with Crippen LogP contribution >= 0.6 is 0 Å². The fraction of sp³-hybridized carbons (Fsp3) is 0.312. The smallest absolute Gasteiger partial charge is 0.335 e. The van der Waals surface area contributed by atoms with Crippen molar-refractivity contribution in [2.75, 3.05) is 19.8 Å². The third-order valence-corrected chi connectivity index (χ3v) is 3.19. The maximum atomic E-state index is 12.0. The summed E-state index contributed by atoms with van der Waals surface area (Å²) >= 11 is 0. The van der Waals surface area contributed by atoms with Crippen LogP contribution in [-0.2, 0) is 0 Å². The van der Waals surface area contributed by atoms with Gasteiger partial charge >= 0.3 is 5.69 Å². The van der Waals surface area contributed by atoms with Crippen LogP contribution < -0.4 is 16.0 Å². The van der Waals surface area contributed by atoms with Crippen LogP contribution in [0.5, 0.6) is 11.6 Å². The maximum Gasteiger partial charge on any atom is 0.335 e. The summed E-state index contributed by atoms with van der Waals surface area (Å²) in [6.07, 6.45) is 1.63. The van der Waals surface area contributed by atoms with Crippen LogP contribution in [0.2, 0.25) is 0 Å². The molecule has 1 heterocycles. The quantitative estimate of drug-likeness (QED) is 0.502. The summed E-state index contributed by atoms with van der Waals surface area (Å²) in [5.74, 6) is 0.129. The highest BCUT2D eigenvalue weighted by Crippen LogP contribution is 2.18. The minimum atomic E-state index is -0.755. The number of aromatic hydroxyl groups is 1. The molecule has 0 atom stereocenters. The molecule has 0 spiro atoms. The molecule has 2 aromatic rings. The highest BCUT2D eigenvalue weighted by atomic mass is 16.5. The lowest BCUT2D eigenvalue weighted by molar-refractivity contribution is 0.291. The molecule has 0 bridgehead atoms. The van der Waals surface area contributed by atoms with Crippen LogP contribution in [-0.4, -0.2) is 45.7 Å². The van der Waals surface area contributed by atoms with E-state index in [1.165, 1.54) is 6.21 Å². The predicted molar refractivity (Wildman–Crippen MR) is 89.7 cm³/mol. The lowest BCUT2D eigenvalue weighted by atomic mass is 10.2. The molecule has 0 amide bonds. The molecule has 0 fully saturated rings. The van der Waals surface area contributed by atoms with E-state index < -0.39 is 17.1 Å². The number of aromatic amines is 1. The first kappa shape index (κ1) is 17.5. The van der Waals surface area contributed by atoms with Gasteiger partial charge in [-0.3, -0.25) is 14.8 Å². The molecule has 8 nitrogen and oxygen atoms in total. The van der Waals surface area contributed by atoms with Crippen LogP contribution in [0, 0.1) is 0 Å². The van der Waals surface area contributed by atoms with Crippen LogP contribution in [0.15, 0.2) is 38.8 Å². The molecule has 0 aliphatic carbocycles. The van der Waals surface area contributed by atoms with E-state index in [9.17, 15) is 14.7 Å². The molecule has 24 heavy (non-hydrogen) atoms. The van der Waals surface area contributed by atoms with Crippen molar-refractivity contribution in [3.63, 3.8) is 0 Å². The van der Waals surface area contributed by atoms with Crippen molar-refractivity contribution in [2.24, 2.45) is 4.99 Å². The van der Waals surface area contributed by atoms with Crippen molar-refractivity contribution in [1.82, 2.24) is 9.55 Å². The minimum absolute atomic E-state index is 0.0225. The molecule has 2 rings (SSSR count). The molecular weight excluding hydrogens is 314 g/mol. The molecular formula is C16H19N3O5. The average Bonchev–Trinajstić information content (AvgIpc) is 2.55. The van der Waals surface area contributed by atoms with Gasteiger partial charge in [-0.15, -0.1) is 0 Å². The first-order valence-corrected chi connectivity index (χ1v) is 7.50. The van der Waals surface area contributed by atoms with Gasteiger partial charge in [0.25, 0.3) is 5.56 Å². The number of benzene rings is 1. The zero-order chi connectivity index (χ0) is 17.5. The van der Waals surface area contributed by atoms with E-state index in [1.807, 2.05) is 6.92 Å². The largest absolute Gasteiger partial charge is 0.494 e. The molecule has 0 aliphatic rings. The third kappa shape index (κ3) is 3.90. The number of aromatic nitrogens is 2. The van der Waals surface area contributed by atoms with E-state index in [4.69, 9.17) is 9.84 Å². The summed E-state index contributed by atoms with van der Waals surface area (Å²) in [6, 6.07) is 6.50. The maximum absolute atomic E-state index is 12.0. The van der Waals surface area contributed by atoms with Crippen LogP contribution in [0.1, 0.15) is 18.9 Å². The highest BCUT2D eigenvalue weighted by molar-refractivity contribution is 5.82. The summed E-state index contributed by atoms with van der Waals surface area (Å²) in [5.41, 5.74) is -1.23. The Morgan fingerprint density at radius 2 is 2.00 bits per heavy atom. The Hall–Kier alpha value is -2.87. The fourth-order valence-electron chi connectivity index (χ4n) is 2.07. The highest BCUT2D eigenvalue weighted by Gasteiger charge is 2.14. The Labute approximate surface area is 137 Å². The van der Waals surface area contributed by atoms with E-state index in [0.717, 1.165) is 4.57 Å². The lowest BCUT2D eigenvalue weighted by Crippen LogP contribution is -2.31. The fourth-order valence-corrected chi connectivity index (χ4v) is 2.07. The standard InChI is InChI=1S/C16H19N3O5/c1-2-24-12-6-4-11(5-7-12)19-15(22)13(10-17-8-3-9-20)14(21)18-16(19)23/h4-7,10,20,22H,2-3,8-9H2,1H3,(H,18,21,23). The van der Waals surface area contributed by atoms with Crippen molar-refractivity contribution in [1.29, 1.82) is 0 Å². The zero-order valence-corrected chi connectivity index (χ0v) is 13.2. The van der Waals surface area contributed by atoms with Gasteiger partial charge in [0.1, 0.15) is 11.3 Å². The lowest BCUT2D eigenvalue weighted by Gasteiger charge is -2.10. The van der Waals surface area contributed by atoms with E-state index >= 15 is 0 Å². The molecule has 0 unspecified atom stereocenters. The molecule has 1 aromatic heterocycles. The van der Waals surface area contributed by atoms with Crippen molar-refractivity contribution in [2.45, 2.75) is 13.3 Å². The number of rotatable bonds is 7. The summed E-state index contributed by atoms with van der Waals surface area (Å²) < 4.78 is 6.30. The van der Waals surface area contributed by atoms with Crippen LogP contribution in [0.3, 0.4) is 0 Å². The summed E-state index contributed by atoms with van der Waals surface area (Å²) in [6.45, 7) is 2.65.